The zero-order valence-corrected chi connectivity index (χ0v) is 14.3. The summed E-state index contributed by atoms with van der Waals surface area (Å²) >= 11 is 0. The highest BCUT2D eigenvalue weighted by molar-refractivity contribution is 6.02. The number of nitrogens with zero attached hydrogens (tertiary/aromatic N) is 4. The van der Waals surface area contributed by atoms with E-state index in [1.807, 2.05) is 0 Å². The molecule has 0 amide bonds. The third kappa shape index (κ3) is 3.61. The third-order valence-corrected chi connectivity index (χ3v) is 4.49. The molecular formula is C15H18N4O8. The van der Waals surface area contributed by atoms with E-state index in [4.69, 9.17) is 9.47 Å². The van der Waals surface area contributed by atoms with Gasteiger partial charge in [0.15, 0.2) is 5.69 Å². The van der Waals surface area contributed by atoms with Gasteiger partial charge < -0.3 is 24.4 Å². The number of carboxylic acid groups (broad SMARTS) is 1. The maximum atomic E-state index is 12.0. The lowest BCUT2D eigenvalue weighted by Crippen LogP contribution is -2.39. The molecule has 0 radical (unpaired) electrons. The van der Waals surface area contributed by atoms with Gasteiger partial charge in [0.2, 0.25) is 0 Å². The Labute approximate surface area is 153 Å². The van der Waals surface area contributed by atoms with Gasteiger partial charge in [0.25, 0.3) is 0 Å². The Balaban J connectivity index is 2.30. The number of anilines is 2. The van der Waals surface area contributed by atoms with E-state index in [1.54, 1.807) is 4.90 Å². The van der Waals surface area contributed by atoms with Crippen molar-refractivity contribution in [2.75, 3.05) is 62.4 Å². The molecule has 0 spiro atoms. The molecule has 0 unspecified atom stereocenters. The van der Waals surface area contributed by atoms with Crippen molar-refractivity contribution in [2.45, 2.75) is 0 Å². The number of carboxylic acids is 1. The fourth-order valence-electron chi connectivity index (χ4n) is 3.32. The average molecular weight is 382 g/mol. The van der Waals surface area contributed by atoms with Crippen molar-refractivity contribution in [3.63, 3.8) is 0 Å². The van der Waals surface area contributed by atoms with Gasteiger partial charge in [-0.05, 0) is 0 Å². The SMILES string of the molecule is O=C(O)c1cc([N+](=O)[O-])c(N2CCOCC2)c([N+](=O)[O-])c1N1CCOCC1. The maximum Gasteiger partial charge on any atom is 0.338 e. The first kappa shape index (κ1) is 18.8. The van der Waals surface area contributed by atoms with Crippen molar-refractivity contribution in [3.05, 3.63) is 31.9 Å². The molecule has 2 aliphatic rings. The van der Waals surface area contributed by atoms with E-state index >= 15 is 0 Å². The molecular weight excluding hydrogens is 364 g/mol. The number of hydrogen-bond donors (Lipinski definition) is 1. The van der Waals surface area contributed by atoms with Crippen LogP contribution in [0.4, 0.5) is 22.7 Å². The molecule has 0 aromatic heterocycles. The number of ether oxygens (including phenoxy) is 2. The number of morpholine rings is 2. The molecule has 1 N–H and O–H groups in total. The van der Waals surface area contributed by atoms with Crippen molar-refractivity contribution < 1.29 is 29.2 Å². The van der Waals surface area contributed by atoms with Crippen LogP contribution >= 0.6 is 0 Å². The van der Waals surface area contributed by atoms with E-state index in [0.29, 0.717) is 0 Å². The van der Waals surface area contributed by atoms with Gasteiger partial charge >= 0.3 is 17.3 Å². The van der Waals surface area contributed by atoms with E-state index in [2.05, 4.69) is 0 Å². The first-order chi connectivity index (χ1) is 12.9. The monoisotopic (exact) mass is 382 g/mol. The summed E-state index contributed by atoms with van der Waals surface area (Å²) in [5, 5.41) is 33.1. The Morgan fingerprint density at radius 3 is 1.81 bits per heavy atom. The lowest BCUT2D eigenvalue weighted by atomic mass is 10.0. The minimum absolute atomic E-state index is 0.122. The quantitative estimate of drug-likeness (QED) is 0.574. The fraction of sp³-hybridized carbons (Fsp3) is 0.533. The predicted molar refractivity (Wildman–Crippen MR) is 92.8 cm³/mol. The molecule has 12 heteroatoms. The van der Waals surface area contributed by atoms with Crippen molar-refractivity contribution in [1.29, 1.82) is 0 Å². The van der Waals surface area contributed by atoms with Crippen LogP contribution in [0.15, 0.2) is 6.07 Å². The van der Waals surface area contributed by atoms with Crippen LogP contribution in [0.3, 0.4) is 0 Å². The molecule has 1 aromatic rings. The lowest BCUT2D eigenvalue weighted by molar-refractivity contribution is -0.392. The number of nitro benzene ring substituents is 2. The highest BCUT2D eigenvalue weighted by Gasteiger charge is 2.39. The fourth-order valence-corrected chi connectivity index (χ4v) is 3.32. The van der Waals surface area contributed by atoms with Crippen molar-refractivity contribution in [3.8, 4) is 0 Å². The van der Waals surface area contributed by atoms with Crippen molar-refractivity contribution in [2.24, 2.45) is 0 Å². The van der Waals surface area contributed by atoms with Gasteiger partial charge in [-0.3, -0.25) is 20.2 Å². The topological polar surface area (TPSA) is 149 Å². The summed E-state index contributed by atoms with van der Waals surface area (Å²) in [5.74, 6) is -1.46. The van der Waals surface area contributed by atoms with E-state index in [1.165, 1.54) is 4.90 Å². The second-order valence-electron chi connectivity index (χ2n) is 6.01. The number of carbonyl (C=O) groups is 1. The standard InChI is InChI=1S/C15H18N4O8/c20-15(21)10-9-11(18(22)23)13(17-3-7-27-8-4-17)14(19(24)25)12(10)16-1-5-26-6-2-16/h9H,1-8H2,(H,20,21). The average Bonchev–Trinajstić information content (AvgIpc) is 2.67. The minimum Gasteiger partial charge on any atom is -0.478 e. The van der Waals surface area contributed by atoms with Crippen LogP contribution in [-0.4, -0.2) is 73.5 Å². The molecule has 3 rings (SSSR count). The number of aromatic carboxylic acids is 1. The summed E-state index contributed by atoms with van der Waals surface area (Å²) in [5.41, 5.74) is -1.93. The van der Waals surface area contributed by atoms with Gasteiger partial charge in [0.1, 0.15) is 5.69 Å². The zero-order chi connectivity index (χ0) is 19.6. The molecule has 2 aliphatic heterocycles. The van der Waals surface area contributed by atoms with Crippen LogP contribution in [0.25, 0.3) is 0 Å². The van der Waals surface area contributed by atoms with Gasteiger partial charge in [-0.15, -0.1) is 0 Å². The Morgan fingerprint density at radius 1 is 0.926 bits per heavy atom. The first-order valence-corrected chi connectivity index (χ1v) is 8.30. The van der Waals surface area contributed by atoms with E-state index in [0.717, 1.165) is 6.07 Å². The van der Waals surface area contributed by atoms with Crippen LogP contribution in [0.1, 0.15) is 10.4 Å². The smallest absolute Gasteiger partial charge is 0.338 e. The Morgan fingerprint density at radius 2 is 1.41 bits per heavy atom. The number of hydrogen-bond acceptors (Lipinski definition) is 9. The van der Waals surface area contributed by atoms with Crippen LogP contribution < -0.4 is 9.80 Å². The first-order valence-electron chi connectivity index (χ1n) is 8.30. The van der Waals surface area contributed by atoms with Gasteiger partial charge in [-0.1, -0.05) is 0 Å². The van der Waals surface area contributed by atoms with Crippen LogP contribution in [0.5, 0.6) is 0 Å². The largest absolute Gasteiger partial charge is 0.478 e. The Bertz CT molecular complexity index is 717. The van der Waals surface area contributed by atoms with E-state index in [9.17, 15) is 30.1 Å². The van der Waals surface area contributed by atoms with Gasteiger partial charge in [0, 0.05) is 32.2 Å². The molecule has 27 heavy (non-hydrogen) atoms. The summed E-state index contributed by atoms with van der Waals surface area (Å²) in [7, 11) is 0. The molecule has 0 bridgehead atoms. The van der Waals surface area contributed by atoms with E-state index in [-0.39, 0.29) is 64.0 Å². The predicted octanol–water partition coefficient (Wildman–Crippen LogP) is 0.874. The number of nitro groups is 2. The van der Waals surface area contributed by atoms with Crippen LogP contribution in [0, 0.1) is 20.2 Å². The highest BCUT2D eigenvalue weighted by atomic mass is 16.6. The molecule has 1 aromatic carbocycles. The van der Waals surface area contributed by atoms with E-state index < -0.39 is 32.8 Å². The Hall–Kier alpha value is -2.99. The molecule has 12 nitrogen and oxygen atoms in total. The van der Waals surface area contributed by atoms with Gasteiger partial charge in [-0.25, -0.2) is 4.79 Å². The van der Waals surface area contributed by atoms with Crippen LogP contribution in [-0.2, 0) is 9.47 Å². The zero-order valence-electron chi connectivity index (χ0n) is 14.3. The molecule has 2 saturated heterocycles. The second kappa shape index (κ2) is 7.72. The molecule has 0 aliphatic carbocycles. The summed E-state index contributed by atoms with van der Waals surface area (Å²) in [6.07, 6.45) is 0. The normalized spacial score (nSPS) is 17.6. The Kier molecular flexibility index (Phi) is 5.37. The van der Waals surface area contributed by atoms with Gasteiger partial charge in [0.05, 0.1) is 41.8 Å². The van der Waals surface area contributed by atoms with Gasteiger partial charge in [-0.2, -0.15) is 0 Å². The lowest BCUT2D eigenvalue weighted by Gasteiger charge is -2.32. The summed E-state index contributed by atoms with van der Waals surface area (Å²) in [6, 6.07) is 0.908. The molecule has 2 heterocycles. The van der Waals surface area contributed by atoms with Crippen molar-refractivity contribution in [1.82, 2.24) is 0 Å². The second-order valence-corrected chi connectivity index (χ2v) is 6.01. The minimum atomic E-state index is -1.46. The molecule has 0 atom stereocenters. The third-order valence-electron chi connectivity index (χ3n) is 4.49. The highest BCUT2D eigenvalue weighted by Crippen LogP contribution is 2.47. The summed E-state index contributed by atoms with van der Waals surface area (Å²) in [4.78, 5) is 36.8. The molecule has 0 saturated carbocycles. The molecule has 146 valence electrons. The number of rotatable bonds is 5. The van der Waals surface area contributed by atoms with Crippen molar-refractivity contribution >= 4 is 28.7 Å². The maximum absolute atomic E-state index is 12.0. The summed E-state index contributed by atoms with van der Waals surface area (Å²) < 4.78 is 10.5. The summed E-state index contributed by atoms with van der Waals surface area (Å²) in [6.45, 7) is 2.06. The molecule has 2 fully saturated rings. The van der Waals surface area contributed by atoms with Crippen LogP contribution in [0.2, 0.25) is 0 Å². The number of benzene rings is 1.